The number of carbonyl (C=O) groups excluding carboxylic acids is 1. The van der Waals surface area contributed by atoms with E-state index in [1.54, 1.807) is 36.9 Å². The van der Waals surface area contributed by atoms with Crippen molar-refractivity contribution in [1.82, 2.24) is 5.32 Å². The van der Waals surface area contributed by atoms with Crippen LogP contribution in [0, 0.1) is 0 Å². The van der Waals surface area contributed by atoms with E-state index in [2.05, 4.69) is 5.32 Å². The van der Waals surface area contributed by atoms with Gasteiger partial charge in [0.05, 0.1) is 18.4 Å². The van der Waals surface area contributed by atoms with Crippen molar-refractivity contribution in [3.05, 3.63) is 54.0 Å². The number of aliphatic hydroxyl groups is 1. The van der Waals surface area contributed by atoms with Gasteiger partial charge in [-0.25, -0.2) is 0 Å². The van der Waals surface area contributed by atoms with Gasteiger partial charge in [0.1, 0.15) is 11.4 Å². The van der Waals surface area contributed by atoms with Crippen molar-refractivity contribution in [2.24, 2.45) is 0 Å². The first-order valence-electron chi connectivity index (χ1n) is 6.81. The van der Waals surface area contributed by atoms with E-state index in [9.17, 15) is 9.90 Å². The number of rotatable bonds is 6. The van der Waals surface area contributed by atoms with E-state index < -0.39 is 5.60 Å². The molecule has 0 aliphatic rings. The molecule has 0 saturated heterocycles. The molecule has 0 bridgehead atoms. The Bertz CT molecular complexity index is 593. The lowest BCUT2D eigenvalue weighted by Crippen LogP contribution is -2.38. The van der Waals surface area contributed by atoms with Crippen molar-refractivity contribution in [1.29, 1.82) is 0 Å². The highest BCUT2D eigenvalue weighted by Crippen LogP contribution is 2.23. The molecule has 21 heavy (non-hydrogen) atoms. The maximum atomic E-state index is 12.3. The second-order valence-electron chi connectivity index (χ2n) is 4.86. The fourth-order valence-electron chi connectivity index (χ4n) is 1.96. The fraction of sp³-hybridized carbons (Fsp3) is 0.312. The maximum absolute atomic E-state index is 12.3. The van der Waals surface area contributed by atoms with Crippen LogP contribution < -0.4 is 5.32 Å². The smallest absolute Gasteiger partial charge is 0.252 e. The van der Waals surface area contributed by atoms with Gasteiger partial charge in [-0.3, -0.25) is 4.79 Å². The summed E-state index contributed by atoms with van der Waals surface area (Å²) < 4.78 is 5.19. The van der Waals surface area contributed by atoms with Crippen LogP contribution in [0.4, 0.5) is 0 Å². The fourth-order valence-corrected chi connectivity index (χ4v) is 2.76. The van der Waals surface area contributed by atoms with Crippen LogP contribution in [0.15, 0.2) is 52.0 Å². The zero-order valence-electron chi connectivity index (χ0n) is 12.1. The van der Waals surface area contributed by atoms with Crippen LogP contribution in [-0.2, 0) is 5.60 Å². The molecule has 1 atom stereocenters. The van der Waals surface area contributed by atoms with Crippen molar-refractivity contribution in [2.75, 3.05) is 12.3 Å². The summed E-state index contributed by atoms with van der Waals surface area (Å²) in [4.78, 5) is 13.2. The van der Waals surface area contributed by atoms with Crippen molar-refractivity contribution in [2.45, 2.75) is 24.3 Å². The monoisotopic (exact) mass is 305 g/mol. The summed E-state index contributed by atoms with van der Waals surface area (Å²) in [6.07, 6.45) is 1.50. The second kappa shape index (κ2) is 6.83. The van der Waals surface area contributed by atoms with Gasteiger partial charge in [0.25, 0.3) is 5.91 Å². The van der Waals surface area contributed by atoms with Crippen LogP contribution in [0.2, 0.25) is 0 Å². The van der Waals surface area contributed by atoms with Gasteiger partial charge in [-0.05, 0) is 36.9 Å². The molecule has 1 unspecified atom stereocenters. The summed E-state index contributed by atoms with van der Waals surface area (Å²) in [6.45, 7) is 3.74. The first-order chi connectivity index (χ1) is 10.0. The Morgan fingerprint density at radius 2 is 2.10 bits per heavy atom. The number of amides is 1. The van der Waals surface area contributed by atoms with Crippen LogP contribution in [0.5, 0.6) is 0 Å². The van der Waals surface area contributed by atoms with E-state index in [0.29, 0.717) is 11.3 Å². The molecule has 0 aliphatic carbocycles. The number of benzene rings is 1. The number of nitrogens with one attached hydrogen (secondary N) is 1. The topological polar surface area (TPSA) is 62.5 Å². The molecule has 2 rings (SSSR count). The molecular formula is C16H19NO3S. The molecular weight excluding hydrogens is 286 g/mol. The van der Waals surface area contributed by atoms with Gasteiger partial charge in [-0.15, -0.1) is 11.8 Å². The number of furan rings is 1. The molecule has 112 valence electrons. The molecule has 0 saturated carbocycles. The predicted molar refractivity (Wildman–Crippen MR) is 83.5 cm³/mol. The Balaban J connectivity index is 2.05. The Hall–Kier alpha value is -1.72. The number of hydrogen-bond acceptors (Lipinski definition) is 4. The van der Waals surface area contributed by atoms with E-state index in [1.165, 1.54) is 6.26 Å². The molecule has 1 aromatic heterocycles. The third kappa shape index (κ3) is 3.89. The summed E-state index contributed by atoms with van der Waals surface area (Å²) in [6, 6.07) is 10.8. The van der Waals surface area contributed by atoms with Gasteiger partial charge in [0.15, 0.2) is 0 Å². The largest absolute Gasteiger partial charge is 0.466 e. The van der Waals surface area contributed by atoms with E-state index in [1.807, 2.05) is 25.1 Å². The Morgan fingerprint density at radius 3 is 2.76 bits per heavy atom. The Kier molecular flexibility index (Phi) is 5.09. The van der Waals surface area contributed by atoms with Crippen molar-refractivity contribution < 1.29 is 14.3 Å². The highest BCUT2D eigenvalue weighted by Gasteiger charge is 2.27. The zero-order chi connectivity index (χ0) is 15.3. The van der Waals surface area contributed by atoms with Gasteiger partial charge >= 0.3 is 0 Å². The average molecular weight is 305 g/mol. The summed E-state index contributed by atoms with van der Waals surface area (Å²) in [5.74, 6) is 1.13. The van der Waals surface area contributed by atoms with E-state index in [-0.39, 0.29) is 12.5 Å². The third-order valence-electron chi connectivity index (χ3n) is 3.08. The van der Waals surface area contributed by atoms with Gasteiger partial charge < -0.3 is 14.8 Å². The number of thioether (sulfide) groups is 1. The highest BCUT2D eigenvalue weighted by atomic mass is 32.2. The molecule has 2 aromatic rings. The minimum absolute atomic E-state index is 0.0878. The summed E-state index contributed by atoms with van der Waals surface area (Å²) >= 11 is 1.62. The minimum Gasteiger partial charge on any atom is -0.466 e. The molecule has 1 aromatic carbocycles. The first-order valence-corrected chi connectivity index (χ1v) is 7.79. The highest BCUT2D eigenvalue weighted by molar-refractivity contribution is 7.99. The summed E-state index contributed by atoms with van der Waals surface area (Å²) in [5.41, 5.74) is -0.606. The zero-order valence-corrected chi connectivity index (χ0v) is 12.9. The van der Waals surface area contributed by atoms with Crippen LogP contribution >= 0.6 is 11.8 Å². The van der Waals surface area contributed by atoms with Crippen molar-refractivity contribution in [3.63, 3.8) is 0 Å². The molecule has 1 amide bonds. The molecule has 0 radical (unpaired) electrons. The second-order valence-corrected chi connectivity index (χ2v) is 6.17. The van der Waals surface area contributed by atoms with Gasteiger partial charge in [-0.1, -0.05) is 19.1 Å². The number of carbonyl (C=O) groups is 1. The third-order valence-corrected chi connectivity index (χ3v) is 4.03. The SMILES string of the molecule is CCSc1ccccc1C(=O)NCC(C)(O)c1ccco1. The summed E-state index contributed by atoms with van der Waals surface area (Å²) in [5, 5.41) is 13.1. The van der Waals surface area contributed by atoms with Crippen molar-refractivity contribution in [3.8, 4) is 0 Å². The van der Waals surface area contributed by atoms with Crippen LogP contribution in [0.3, 0.4) is 0 Å². The van der Waals surface area contributed by atoms with Crippen LogP contribution in [0.25, 0.3) is 0 Å². The van der Waals surface area contributed by atoms with Gasteiger partial charge in [-0.2, -0.15) is 0 Å². The van der Waals surface area contributed by atoms with Crippen molar-refractivity contribution >= 4 is 17.7 Å². The number of hydrogen-bond donors (Lipinski definition) is 2. The Labute approximate surface area is 128 Å². The van der Waals surface area contributed by atoms with E-state index in [4.69, 9.17) is 4.42 Å². The van der Waals surface area contributed by atoms with Gasteiger partial charge in [0, 0.05) is 4.90 Å². The Morgan fingerprint density at radius 1 is 1.33 bits per heavy atom. The molecule has 0 fully saturated rings. The van der Waals surface area contributed by atoms with Crippen LogP contribution in [0.1, 0.15) is 30.0 Å². The molecule has 5 heteroatoms. The molecule has 2 N–H and O–H groups in total. The molecule has 1 heterocycles. The van der Waals surface area contributed by atoms with E-state index >= 15 is 0 Å². The van der Waals surface area contributed by atoms with E-state index in [0.717, 1.165) is 10.6 Å². The minimum atomic E-state index is -1.23. The summed E-state index contributed by atoms with van der Waals surface area (Å²) in [7, 11) is 0. The molecule has 4 nitrogen and oxygen atoms in total. The quantitative estimate of drug-likeness (QED) is 0.805. The molecule has 0 spiro atoms. The first kappa shape index (κ1) is 15.7. The van der Waals surface area contributed by atoms with Crippen LogP contribution in [-0.4, -0.2) is 23.3 Å². The molecule has 0 aliphatic heterocycles. The van der Waals surface area contributed by atoms with Gasteiger partial charge in [0.2, 0.25) is 0 Å². The lowest BCUT2D eigenvalue weighted by atomic mass is 10.0. The normalized spacial score (nSPS) is 13.7. The lowest BCUT2D eigenvalue weighted by Gasteiger charge is -2.21. The lowest BCUT2D eigenvalue weighted by molar-refractivity contribution is 0.0330. The maximum Gasteiger partial charge on any atom is 0.252 e. The predicted octanol–water partition coefficient (Wildman–Crippen LogP) is 3.03. The standard InChI is InChI=1S/C16H19NO3S/c1-3-21-13-8-5-4-7-12(13)15(18)17-11-16(2,19)14-9-6-10-20-14/h4-10,19H,3,11H2,1-2H3,(H,17,18). The average Bonchev–Trinajstić information content (AvgIpc) is 3.01.